The van der Waals surface area contributed by atoms with Crippen LogP contribution in [0.15, 0.2) is 83.7 Å². The molecule has 0 bridgehead atoms. The summed E-state index contributed by atoms with van der Waals surface area (Å²) >= 11 is 0. The Kier molecular flexibility index (Phi) is 6.89. The van der Waals surface area contributed by atoms with E-state index in [0.29, 0.717) is 31.0 Å². The van der Waals surface area contributed by atoms with Crippen LogP contribution in [0.25, 0.3) is 10.9 Å². The van der Waals surface area contributed by atoms with Gasteiger partial charge in [-0.25, -0.2) is 9.07 Å². The van der Waals surface area contributed by atoms with Crippen LogP contribution in [0, 0.1) is 5.82 Å². The van der Waals surface area contributed by atoms with Crippen LogP contribution in [-0.4, -0.2) is 56.3 Å². The fraction of sp³-hybridized carbons (Fsp3) is 0.267. The summed E-state index contributed by atoms with van der Waals surface area (Å²) in [5.41, 5.74) is 4.55. The number of hydrogen-bond acceptors (Lipinski definition) is 6. The van der Waals surface area contributed by atoms with Crippen LogP contribution in [0.1, 0.15) is 35.5 Å². The number of fused-ring (bicyclic) bond motifs is 1. The van der Waals surface area contributed by atoms with Crippen LogP contribution in [0.5, 0.6) is 0 Å². The molecule has 9 heteroatoms. The van der Waals surface area contributed by atoms with Gasteiger partial charge in [-0.3, -0.25) is 9.69 Å². The van der Waals surface area contributed by atoms with E-state index in [-0.39, 0.29) is 11.4 Å². The second-order valence-corrected chi connectivity index (χ2v) is 9.91. The number of aromatic nitrogens is 5. The number of rotatable bonds is 7. The maximum absolute atomic E-state index is 13.5. The zero-order valence-corrected chi connectivity index (χ0v) is 21.8. The standard InChI is InChI=1S/C30H30FN7O/c1-2-21-8-13-27-23(18-21)19-26(30(39)32-27)28(29-33-34-35-38(29)20-22-6-4-3-5-7-22)37-16-14-36(15-17-37)25-11-9-24(31)10-12-25/h3-13,18-19,28H,2,14-17,20H2,1H3,(H,32,39)/t28-/m1/s1. The minimum atomic E-state index is -0.433. The molecule has 3 heterocycles. The minimum absolute atomic E-state index is 0.146. The fourth-order valence-corrected chi connectivity index (χ4v) is 5.36. The van der Waals surface area contributed by atoms with Gasteiger partial charge in [0.2, 0.25) is 0 Å². The highest BCUT2D eigenvalue weighted by Crippen LogP contribution is 2.29. The van der Waals surface area contributed by atoms with E-state index in [1.165, 1.54) is 17.7 Å². The van der Waals surface area contributed by atoms with Gasteiger partial charge in [-0.05, 0) is 75.8 Å². The number of pyridine rings is 1. The molecule has 1 saturated heterocycles. The monoisotopic (exact) mass is 523 g/mol. The molecule has 0 saturated carbocycles. The van der Waals surface area contributed by atoms with Gasteiger partial charge in [0.05, 0.1) is 6.54 Å². The first-order valence-corrected chi connectivity index (χ1v) is 13.3. The molecule has 1 N–H and O–H groups in total. The molecular weight excluding hydrogens is 493 g/mol. The summed E-state index contributed by atoms with van der Waals surface area (Å²) in [6, 6.07) is 24.3. The molecule has 5 aromatic rings. The average molecular weight is 524 g/mol. The SMILES string of the molecule is CCc1ccc2[nH]c(=O)c([C@H](c3nnnn3Cc3ccccc3)N3CCN(c4ccc(F)cc4)CC3)cc2c1. The first-order chi connectivity index (χ1) is 19.1. The van der Waals surface area contributed by atoms with Crippen molar-refractivity contribution >= 4 is 16.6 Å². The maximum Gasteiger partial charge on any atom is 0.253 e. The van der Waals surface area contributed by atoms with Gasteiger partial charge in [0, 0.05) is 42.9 Å². The molecule has 0 spiro atoms. The number of tetrazole rings is 1. The lowest BCUT2D eigenvalue weighted by molar-refractivity contribution is 0.200. The van der Waals surface area contributed by atoms with Crippen molar-refractivity contribution in [3.63, 3.8) is 0 Å². The van der Waals surface area contributed by atoms with Crippen molar-refractivity contribution in [3.8, 4) is 0 Å². The quantitative estimate of drug-likeness (QED) is 0.345. The van der Waals surface area contributed by atoms with E-state index in [2.05, 4.69) is 43.3 Å². The molecule has 1 aliphatic rings. The molecule has 6 rings (SSSR count). The molecule has 0 aliphatic carbocycles. The Balaban J connectivity index is 1.39. The number of nitrogens with zero attached hydrogens (tertiary/aromatic N) is 6. The van der Waals surface area contributed by atoms with E-state index < -0.39 is 6.04 Å². The second-order valence-electron chi connectivity index (χ2n) is 9.91. The second kappa shape index (κ2) is 10.8. The van der Waals surface area contributed by atoms with Gasteiger partial charge in [-0.1, -0.05) is 43.3 Å². The van der Waals surface area contributed by atoms with E-state index in [0.717, 1.165) is 41.7 Å². The van der Waals surface area contributed by atoms with Crippen LogP contribution < -0.4 is 10.5 Å². The van der Waals surface area contributed by atoms with Gasteiger partial charge >= 0.3 is 0 Å². The topological polar surface area (TPSA) is 82.9 Å². The summed E-state index contributed by atoms with van der Waals surface area (Å²) < 4.78 is 15.3. The number of benzene rings is 3. The number of H-pyrrole nitrogens is 1. The first kappa shape index (κ1) is 24.9. The van der Waals surface area contributed by atoms with Crippen molar-refractivity contribution < 1.29 is 4.39 Å². The molecule has 0 unspecified atom stereocenters. The van der Waals surface area contributed by atoms with Crippen LogP contribution in [0.3, 0.4) is 0 Å². The molecule has 3 aromatic carbocycles. The summed E-state index contributed by atoms with van der Waals surface area (Å²) in [6.45, 7) is 5.46. The predicted molar refractivity (Wildman–Crippen MR) is 149 cm³/mol. The van der Waals surface area contributed by atoms with Crippen LogP contribution in [0.4, 0.5) is 10.1 Å². The van der Waals surface area contributed by atoms with Crippen molar-refractivity contribution in [3.05, 3.63) is 118 Å². The lowest BCUT2D eigenvalue weighted by Gasteiger charge is -2.39. The van der Waals surface area contributed by atoms with Crippen LogP contribution >= 0.6 is 0 Å². The van der Waals surface area contributed by atoms with Crippen molar-refractivity contribution in [2.45, 2.75) is 25.9 Å². The van der Waals surface area contributed by atoms with Crippen molar-refractivity contribution in [1.29, 1.82) is 0 Å². The molecule has 0 radical (unpaired) electrons. The number of piperazine rings is 1. The number of halogens is 1. The van der Waals surface area contributed by atoms with E-state index >= 15 is 0 Å². The fourth-order valence-electron chi connectivity index (χ4n) is 5.36. The van der Waals surface area contributed by atoms with Gasteiger partial charge in [0.1, 0.15) is 11.9 Å². The Morgan fingerprint density at radius 3 is 2.44 bits per heavy atom. The number of nitrogens with one attached hydrogen (secondary N) is 1. The van der Waals surface area contributed by atoms with Gasteiger partial charge < -0.3 is 9.88 Å². The minimum Gasteiger partial charge on any atom is -0.369 e. The predicted octanol–water partition coefficient (Wildman–Crippen LogP) is 4.18. The number of hydrogen-bond donors (Lipinski definition) is 1. The van der Waals surface area contributed by atoms with Crippen LogP contribution in [0.2, 0.25) is 0 Å². The Morgan fingerprint density at radius 2 is 1.69 bits per heavy atom. The lowest BCUT2D eigenvalue weighted by Crippen LogP contribution is -2.49. The third-order valence-corrected chi connectivity index (χ3v) is 7.49. The molecule has 1 aliphatic heterocycles. The lowest BCUT2D eigenvalue weighted by atomic mass is 10.0. The third-order valence-electron chi connectivity index (χ3n) is 7.49. The number of anilines is 1. The van der Waals surface area contributed by atoms with E-state index in [9.17, 15) is 9.18 Å². The van der Waals surface area contributed by atoms with Gasteiger partial charge in [-0.2, -0.15) is 0 Å². The molecule has 2 aromatic heterocycles. The Bertz CT molecular complexity index is 1620. The van der Waals surface area contributed by atoms with Gasteiger partial charge in [0.15, 0.2) is 5.82 Å². The van der Waals surface area contributed by atoms with Crippen molar-refractivity contribution in [1.82, 2.24) is 30.1 Å². The summed E-state index contributed by atoms with van der Waals surface area (Å²) in [5, 5.41) is 13.8. The largest absolute Gasteiger partial charge is 0.369 e. The molecule has 39 heavy (non-hydrogen) atoms. The normalized spacial score (nSPS) is 15.1. The summed E-state index contributed by atoms with van der Waals surface area (Å²) in [6.07, 6.45) is 0.911. The van der Waals surface area contributed by atoms with E-state index in [1.807, 2.05) is 60.7 Å². The number of aromatic amines is 1. The zero-order valence-electron chi connectivity index (χ0n) is 21.8. The van der Waals surface area contributed by atoms with Gasteiger partial charge in [0.25, 0.3) is 5.56 Å². The van der Waals surface area contributed by atoms with E-state index in [1.54, 1.807) is 4.68 Å². The Hall–Kier alpha value is -4.37. The first-order valence-electron chi connectivity index (χ1n) is 13.3. The van der Waals surface area contributed by atoms with E-state index in [4.69, 9.17) is 0 Å². The zero-order chi connectivity index (χ0) is 26.8. The highest BCUT2D eigenvalue weighted by molar-refractivity contribution is 5.80. The molecule has 1 atom stereocenters. The molecular formula is C30H30FN7O. The summed E-state index contributed by atoms with van der Waals surface area (Å²) in [7, 11) is 0. The molecule has 8 nitrogen and oxygen atoms in total. The maximum atomic E-state index is 13.5. The van der Waals surface area contributed by atoms with Crippen LogP contribution in [-0.2, 0) is 13.0 Å². The average Bonchev–Trinajstić information content (AvgIpc) is 3.42. The van der Waals surface area contributed by atoms with Crippen molar-refractivity contribution in [2.75, 3.05) is 31.1 Å². The third kappa shape index (κ3) is 5.18. The number of aryl methyl sites for hydroxylation is 1. The summed E-state index contributed by atoms with van der Waals surface area (Å²) in [4.78, 5) is 21.1. The molecule has 0 amide bonds. The molecule has 198 valence electrons. The highest BCUT2D eigenvalue weighted by atomic mass is 19.1. The Labute approximate surface area is 225 Å². The Morgan fingerprint density at radius 1 is 0.923 bits per heavy atom. The summed E-state index contributed by atoms with van der Waals surface area (Å²) in [5.74, 6) is 0.384. The smallest absolute Gasteiger partial charge is 0.253 e. The van der Waals surface area contributed by atoms with Crippen molar-refractivity contribution in [2.24, 2.45) is 0 Å². The van der Waals surface area contributed by atoms with Gasteiger partial charge in [-0.15, -0.1) is 5.10 Å². The highest BCUT2D eigenvalue weighted by Gasteiger charge is 2.33. The molecule has 1 fully saturated rings.